The van der Waals surface area contributed by atoms with Crippen LogP contribution in [0.2, 0.25) is 0 Å². The first-order valence-corrected chi connectivity index (χ1v) is 6.66. The lowest BCUT2D eigenvalue weighted by Gasteiger charge is -2.32. The molecule has 0 aromatic carbocycles. The van der Waals surface area contributed by atoms with Gasteiger partial charge in [-0.05, 0) is 13.8 Å². The van der Waals surface area contributed by atoms with Gasteiger partial charge in [0.1, 0.15) is 5.69 Å². The van der Waals surface area contributed by atoms with E-state index in [0.717, 1.165) is 11.3 Å². The van der Waals surface area contributed by atoms with Gasteiger partial charge < -0.3 is 4.42 Å². The number of aliphatic imine (C=N–C) groups is 1. The number of nitrogens with zero attached hydrogens (tertiary/aromatic N) is 4. The Balaban J connectivity index is 2.10. The van der Waals surface area contributed by atoms with E-state index in [-0.39, 0.29) is 12.5 Å². The van der Waals surface area contributed by atoms with Gasteiger partial charge in [-0.25, -0.2) is 4.79 Å². The van der Waals surface area contributed by atoms with Crippen LogP contribution in [0.1, 0.15) is 24.4 Å². The molecular formula is C14H17N4O3+. The molecule has 1 saturated heterocycles. The van der Waals surface area contributed by atoms with Gasteiger partial charge in [0.2, 0.25) is 0 Å². The monoisotopic (exact) mass is 289 g/mol. The van der Waals surface area contributed by atoms with E-state index in [4.69, 9.17) is 4.42 Å². The van der Waals surface area contributed by atoms with Crippen LogP contribution in [0.15, 0.2) is 21.6 Å². The highest BCUT2D eigenvalue weighted by atomic mass is 16.4. The summed E-state index contributed by atoms with van der Waals surface area (Å²) in [4.78, 5) is 31.9. The summed E-state index contributed by atoms with van der Waals surface area (Å²) in [6.07, 6.45) is 0. The fourth-order valence-corrected chi connectivity index (χ4v) is 2.64. The van der Waals surface area contributed by atoms with Crippen molar-refractivity contribution in [3.63, 3.8) is 0 Å². The van der Waals surface area contributed by atoms with Crippen LogP contribution < -0.4 is 4.57 Å². The lowest BCUT2D eigenvalue weighted by atomic mass is 10.1. The van der Waals surface area contributed by atoms with Gasteiger partial charge in [0.25, 0.3) is 17.8 Å². The molecule has 0 saturated carbocycles. The minimum Gasteiger partial charge on any atom is -0.389 e. The molecule has 0 radical (unpaired) electrons. The number of likely N-dealkylation sites (N-methyl/N-ethyl adjacent to an activating group) is 1. The van der Waals surface area contributed by atoms with Gasteiger partial charge in [0, 0.05) is 19.0 Å². The second-order valence-electron chi connectivity index (χ2n) is 5.49. The Bertz CT molecular complexity index is 716. The first kappa shape index (κ1) is 13.5. The molecule has 3 heterocycles. The number of urea groups is 1. The van der Waals surface area contributed by atoms with Gasteiger partial charge in [0.15, 0.2) is 5.76 Å². The summed E-state index contributed by atoms with van der Waals surface area (Å²) in [5, 5.41) is 0. The summed E-state index contributed by atoms with van der Waals surface area (Å²) < 4.78 is 7.28. The molecular weight excluding hydrogens is 272 g/mol. The molecule has 0 aliphatic carbocycles. The van der Waals surface area contributed by atoms with Crippen molar-refractivity contribution in [1.29, 1.82) is 0 Å². The highest BCUT2D eigenvalue weighted by molar-refractivity contribution is 6.19. The fraction of sp³-hybridized carbons (Fsp3) is 0.429. The normalized spacial score (nSPS) is 20.6. The van der Waals surface area contributed by atoms with Crippen molar-refractivity contribution in [1.82, 2.24) is 9.80 Å². The zero-order valence-electron chi connectivity index (χ0n) is 12.5. The van der Waals surface area contributed by atoms with Crippen molar-refractivity contribution < 1.29 is 18.6 Å². The predicted octanol–water partition coefficient (Wildman–Crippen LogP) is 1.24. The zero-order valence-corrected chi connectivity index (χ0v) is 12.5. The minimum absolute atomic E-state index is 0.206. The molecule has 1 fully saturated rings. The number of hydrogen-bond acceptors (Lipinski definition) is 4. The van der Waals surface area contributed by atoms with Crippen LogP contribution in [0.4, 0.5) is 10.8 Å². The molecule has 0 N–H and O–H groups in total. The predicted molar refractivity (Wildman–Crippen MR) is 74.2 cm³/mol. The van der Waals surface area contributed by atoms with E-state index in [1.165, 1.54) is 9.80 Å². The summed E-state index contributed by atoms with van der Waals surface area (Å²) in [6, 6.07) is -0.673. The lowest BCUT2D eigenvalue weighted by molar-refractivity contribution is -0.685. The van der Waals surface area contributed by atoms with Crippen LogP contribution >= 0.6 is 0 Å². The largest absolute Gasteiger partial charge is 0.507 e. The number of amides is 3. The summed E-state index contributed by atoms with van der Waals surface area (Å²) in [5.74, 6) is 0.823. The molecule has 0 bridgehead atoms. The van der Waals surface area contributed by atoms with Crippen molar-refractivity contribution in [3.05, 3.63) is 23.6 Å². The molecule has 3 amide bonds. The van der Waals surface area contributed by atoms with Crippen LogP contribution in [0.25, 0.3) is 0 Å². The molecule has 1 unspecified atom stereocenters. The maximum Gasteiger partial charge on any atom is 0.507 e. The van der Waals surface area contributed by atoms with Crippen LogP contribution in [-0.4, -0.2) is 41.2 Å². The van der Waals surface area contributed by atoms with Gasteiger partial charge in [-0.2, -0.15) is 4.57 Å². The number of rotatable bonds is 2. The highest BCUT2D eigenvalue weighted by Crippen LogP contribution is 2.30. The Morgan fingerprint density at radius 3 is 2.71 bits per heavy atom. The molecule has 110 valence electrons. The Labute approximate surface area is 122 Å². The molecule has 7 nitrogen and oxygen atoms in total. The molecule has 2 aliphatic rings. The molecule has 3 rings (SSSR count). The first-order chi connectivity index (χ1) is 9.82. The first-order valence-electron chi connectivity index (χ1n) is 6.66. The van der Waals surface area contributed by atoms with Crippen molar-refractivity contribution in [2.24, 2.45) is 4.99 Å². The van der Waals surface area contributed by atoms with E-state index in [0.29, 0.717) is 17.6 Å². The molecule has 21 heavy (non-hydrogen) atoms. The second-order valence-corrected chi connectivity index (χ2v) is 5.49. The summed E-state index contributed by atoms with van der Waals surface area (Å²) in [7, 11) is 1.61. The number of hydrogen-bond donors (Lipinski definition) is 0. The number of amidine groups is 1. The maximum atomic E-state index is 12.7. The topological polar surface area (TPSA) is 70.0 Å². The van der Waals surface area contributed by atoms with E-state index in [1.54, 1.807) is 18.5 Å². The number of carbonyl (C=O) groups excluding carboxylic acids is 2. The van der Waals surface area contributed by atoms with Crippen LogP contribution in [-0.2, 0) is 4.79 Å². The minimum atomic E-state index is -0.639. The van der Waals surface area contributed by atoms with E-state index < -0.39 is 12.1 Å². The number of aromatic nitrogens is 1. The van der Waals surface area contributed by atoms with Gasteiger partial charge in [-0.3, -0.25) is 14.6 Å². The Morgan fingerprint density at radius 2 is 2.10 bits per heavy atom. The van der Waals surface area contributed by atoms with Gasteiger partial charge >= 0.3 is 12.0 Å². The summed E-state index contributed by atoms with van der Waals surface area (Å²) in [6.45, 7) is 9.45. The van der Waals surface area contributed by atoms with Crippen LogP contribution in [0.3, 0.4) is 0 Å². The number of aryl methyl sites for hydroxylation is 1. The Kier molecular flexibility index (Phi) is 2.76. The number of fused-ring (bicyclic) bond motifs is 3. The third-order valence-electron chi connectivity index (χ3n) is 3.82. The quantitative estimate of drug-likeness (QED) is 0.607. The fourth-order valence-electron chi connectivity index (χ4n) is 2.64. The van der Waals surface area contributed by atoms with E-state index in [2.05, 4.69) is 11.6 Å². The van der Waals surface area contributed by atoms with E-state index in [9.17, 15) is 9.59 Å². The molecule has 7 heteroatoms. The Morgan fingerprint density at radius 1 is 1.43 bits per heavy atom. The lowest BCUT2D eigenvalue weighted by Crippen LogP contribution is -2.63. The van der Waals surface area contributed by atoms with Crippen molar-refractivity contribution in [2.45, 2.75) is 26.8 Å². The van der Waals surface area contributed by atoms with E-state index in [1.807, 2.05) is 13.8 Å². The Hall–Kier alpha value is -2.44. The zero-order chi connectivity index (χ0) is 15.5. The molecule has 1 atom stereocenters. The number of imide groups is 1. The van der Waals surface area contributed by atoms with Crippen molar-refractivity contribution >= 4 is 23.8 Å². The van der Waals surface area contributed by atoms with Gasteiger partial charge in [-0.1, -0.05) is 12.2 Å². The molecule has 1 aromatic heterocycles. The van der Waals surface area contributed by atoms with Crippen LogP contribution in [0.5, 0.6) is 0 Å². The third-order valence-corrected chi connectivity index (χ3v) is 3.82. The SMILES string of the molecule is C=C(C)CN1C(=O)C2C(=Nc3oc(C)c(C)[n+]32)N(C)C1=O. The highest BCUT2D eigenvalue weighted by Gasteiger charge is 2.55. The summed E-state index contributed by atoms with van der Waals surface area (Å²) in [5.41, 5.74) is 1.58. The van der Waals surface area contributed by atoms with Crippen LogP contribution in [0, 0.1) is 13.8 Å². The molecule has 0 spiro atoms. The number of carbonyl (C=O) groups is 2. The molecule has 2 aliphatic heterocycles. The number of oxazole rings is 1. The smallest absolute Gasteiger partial charge is 0.389 e. The average Bonchev–Trinajstić information content (AvgIpc) is 2.90. The van der Waals surface area contributed by atoms with Crippen molar-refractivity contribution in [2.75, 3.05) is 13.6 Å². The summed E-state index contributed by atoms with van der Waals surface area (Å²) >= 11 is 0. The standard InChI is InChI=1S/C14H17N4O3/c1-7(2)6-17-12(19)10-11(16(5)14(17)20)15-13-18(10)8(3)9(4)21-13/h10H,1,6H2,2-5H3/q+1. The van der Waals surface area contributed by atoms with Gasteiger partial charge in [-0.15, -0.1) is 0 Å². The maximum absolute atomic E-state index is 12.7. The third kappa shape index (κ3) is 1.73. The van der Waals surface area contributed by atoms with Crippen molar-refractivity contribution in [3.8, 4) is 0 Å². The van der Waals surface area contributed by atoms with E-state index >= 15 is 0 Å². The second kappa shape index (κ2) is 4.28. The molecule has 1 aromatic rings. The van der Waals surface area contributed by atoms with Gasteiger partial charge in [0.05, 0.1) is 6.54 Å². The average molecular weight is 289 g/mol.